The van der Waals surface area contributed by atoms with Crippen molar-refractivity contribution in [3.05, 3.63) is 69.7 Å². The molecule has 5 rings (SSSR count). The largest absolute Gasteiger partial charge is 0.392 e. The Balaban J connectivity index is 1.41. The van der Waals surface area contributed by atoms with Gasteiger partial charge in [-0.1, -0.05) is 59.6 Å². The third-order valence-electron chi connectivity index (χ3n) is 6.63. The number of amides is 2. The summed E-state index contributed by atoms with van der Waals surface area (Å²) in [7, 11) is 0. The van der Waals surface area contributed by atoms with Crippen molar-refractivity contribution in [1.29, 1.82) is 0 Å². The summed E-state index contributed by atoms with van der Waals surface area (Å²) < 4.78 is 0. The number of aliphatic hydroxyl groups excluding tert-OH is 1. The minimum atomic E-state index is -0.807. The van der Waals surface area contributed by atoms with Crippen LogP contribution in [0, 0.1) is 0 Å². The SMILES string of the molecule is O=C1C2CC(O)CN2C2(CN(Cc3ccccc3Cl)C2)C(=O)N1Cc1ccccc1Cl. The molecule has 3 aliphatic heterocycles. The van der Waals surface area contributed by atoms with E-state index in [9.17, 15) is 14.7 Å². The van der Waals surface area contributed by atoms with Crippen molar-refractivity contribution < 1.29 is 14.7 Å². The minimum absolute atomic E-state index is 0.143. The number of imide groups is 1. The molecule has 1 N–H and O–H groups in total. The molecule has 3 aliphatic rings. The van der Waals surface area contributed by atoms with E-state index >= 15 is 0 Å². The minimum Gasteiger partial charge on any atom is -0.392 e. The van der Waals surface area contributed by atoms with Crippen LogP contribution in [0.1, 0.15) is 17.5 Å². The lowest BCUT2D eigenvalue weighted by Gasteiger charge is -2.58. The fourth-order valence-electron chi connectivity index (χ4n) is 5.11. The quantitative estimate of drug-likeness (QED) is 0.711. The number of benzene rings is 2. The summed E-state index contributed by atoms with van der Waals surface area (Å²) in [5, 5.41) is 11.5. The fourth-order valence-corrected chi connectivity index (χ4v) is 5.50. The third-order valence-corrected chi connectivity index (χ3v) is 7.37. The van der Waals surface area contributed by atoms with Gasteiger partial charge in [0, 0.05) is 36.2 Å². The van der Waals surface area contributed by atoms with Crippen LogP contribution in [0.2, 0.25) is 10.0 Å². The van der Waals surface area contributed by atoms with Gasteiger partial charge in [-0.15, -0.1) is 0 Å². The van der Waals surface area contributed by atoms with Gasteiger partial charge >= 0.3 is 0 Å². The van der Waals surface area contributed by atoms with Gasteiger partial charge in [0.15, 0.2) is 0 Å². The van der Waals surface area contributed by atoms with E-state index in [1.165, 1.54) is 4.90 Å². The molecule has 2 unspecified atom stereocenters. The van der Waals surface area contributed by atoms with Crippen LogP contribution in [0.15, 0.2) is 48.5 Å². The number of piperazine rings is 1. The molecule has 2 aromatic rings. The second-order valence-corrected chi connectivity index (χ2v) is 9.46. The number of nitrogens with zero attached hydrogens (tertiary/aromatic N) is 3. The van der Waals surface area contributed by atoms with E-state index in [2.05, 4.69) is 4.90 Å². The fraction of sp³-hybridized carbons (Fsp3) is 0.391. The summed E-state index contributed by atoms with van der Waals surface area (Å²) in [4.78, 5) is 32.3. The molecule has 3 fully saturated rings. The van der Waals surface area contributed by atoms with Crippen LogP contribution in [0.25, 0.3) is 0 Å². The Morgan fingerprint density at radius 1 is 0.935 bits per heavy atom. The summed E-state index contributed by atoms with van der Waals surface area (Å²) in [5.74, 6) is -0.463. The van der Waals surface area contributed by atoms with E-state index in [1.54, 1.807) is 6.07 Å². The van der Waals surface area contributed by atoms with Gasteiger partial charge in [0.05, 0.1) is 18.7 Å². The van der Waals surface area contributed by atoms with Gasteiger partial charge in [-0.3, -0.25) is 24.3 Å². The monoisotopic (exact) mass is 459 g/mol. The van der Waals surface area contributed by atoms with Crippen molar-refractivity contribution in [2.24, 2.45) is 0 Å². The van der Waals surface area contributed by atoms with Gasteiger partial charge in [-0.25, -0.2) is 0 Å². The molecule has 0 radical (unpaired) electrons. The number of carbonyl (C=O) groups is 2. The average Bonchev–Trinajstić information content (AvgIpc) is 3.11. The van der Waals surface area contributed by atoms with Crippen LogP contribution in [0.4, 0.5) is 0 Å². The Bertz CT molecular complexity index is 1040. The highest BCUT2D eigenvalue weighted by Gasteiger charge is 2.64. The Kier molecular flexibility index (Phi) is 5.31. The Hall–Kier alpha value is -1.96. The number of hydrogen-bond donors (Lipinski definition) is 1. The summed E-state index contributed by atoms with van der Waals surface area (Å²) in [6.45, 7) is 2.10. The number of carbonyl (C=O) groups excluding carboxylic acids is 2. The van der Waals surface area contributed by atoms with Gasteiger partial charge in [0.2, 0.25) is 5.91 Å². The maximum absolute atomic E-state index is 13.7. The first kappa shape index (κ1) is 20.9. The zero-order valence-corrected chi connectivity index (χ0v) is 18.4. The molecule has 3 saturated heterocycles. The highest BCUT2D eigenvalue weighted by molar-refractivity contribution is 6.31. The van der Waals surface area contributed by atoms with Crippen LogP contribution in [0.3, 0.4) is 0 Å². The van der Waals surface area contributed by atoms with Crippen LogP contribution < -0.4 is 0 Å². The Morgan fingerprint density at radius 2 is 1.52 bits per heavy atom. The number of aliphatic hydroxyl groups is 1. The molecule has 2 aromatic carbocycles. The lowest BCUT2D eigenvalue weighted by Crippen LogP contribution is -2.81. The average molecular weight is 460 g/mol. The van der Waals surface area contributed by atoms with Crippen molar-refractivity contribution in [2.45, 2.75) is 37.2 Å². The number of likely N-dealkylation sites (tertiary alicyclic amines) is 1. The number of hydrogen-bond acceptors (Lipinski definition) is 5. The molecular formula is C23H23Cl2N3O3. The van der Waals surface area contributed by atoms with E-state index < -0.39 is 17.7 Å². The number of halogens is 2. The Labute approximate surface area is 190 Å². The maximum atomic E-state index is 13.7. The van der Waals surface area contributed by atoms with Crippen LogP contribution in [-0.2, 0) is 22.7 Å². The predicted octanol–water partition coefficient (Wildman–Crippen LogP) is 2.55. The van der Waals surface area contributed by atoms with Crippen molar-refractivity contribution in [3.8, 4) is 0 Å². The summed E-state index contributed by atoms with van der Waals surface area (Å²) >= 11 is 12.6. The summed E-state index contributed by atoms with van der Waals surface area (Å²) in [5.41, 5.74) is 0.933. The van der Waals surface area contributed by atoms with E-state index in [-0.39, 0.29) is 18.4 Å². The van der Waals surface area contributed by atoms with E-state index in [4.69, 9.17) is 23.2 Å². The molecule has 1 spiro atoms. The van der Waals surface area contributed by atoms with Crippen LogP contribution >= 0.6 is 23.2 Å². The number of β-amino-alcohol motifs (C(OH)–C–C–N with tert-alkyl or cyclic N) is 1. The highest BCUT2D eigenvalue weighted by atomic mass is 35.5. The van der Waals surface area contributed by atoms with Crippen molar-refractivity contribution in [3.63, 3.8) is 0 Å². The molecule has 2 amide bonds. The summed E-state index contributed by atoms with van der Waals surface area (Å²) in [6, 6.07) is 14.4. The van der Waals surface area contributed by atoms with Crippen LogP contribution in [-0.4, -0.2) is 68.9 Å². The van der Waals surface area contributed by atoms with Gasteiger partial charge < -0.3 is 5.11 Å². The smallest absolute Gasteiger partial charge is 0.252 e. The molecule has 3 heterocycles. The molecule has 162 valence electrons. The first-order valence-electron chi connectivity index (χ1n) is 10.4. The normalized spacial score (nSPS) is 25.7. The second kappa shape index (κ2) is 7.87. The predicted molar refractivity (Wildman–Crippen MR) is 118 cm³/mol. The molecule has 0 saturated carbocycles. The topological polar surface area (TPSA) is 64.1 Å². The van der Waals surface area contributed by atoms with Gasteiger partial charge in [0.1, 0.15) is 5.54 Å². The van der Waals surface area contributed by atoms with E-state index in [0.29, 0.717) is 42.6 Å². The molecular weight excluding hydrogens is 437 g/mol. The molecule has 2 atom stereocenters. The molecule has 31 heavy (non-hydrogen) atoms. The lowest BCUT2D eigenvalue weighted by molar-refractivity contribution is -0.181. The first-order chi connectivity index (χ1) is 14.9. The van der Waals surface area contributed by atoms with Gasteiger partial charge in [0.25, 0.3) is 5.91 Å². The van der Waals surface area contributed by atoms with Crippen LogP contribution in [0.5, 0.6) is 0 Å². The first-order valence-corrected chi connectivity index (χ1v) is 11.1. The molecule has 8 heteroatoms. The second-order valence-electron chi connectivity index (χ2n) is 8.65. The number of fused-ring (bicyclic) bond motifs is 2. The van der Waals surface area contributed by atoms with Crippen molar-refractivity contribution >= 4 is 35.0 Å². The van der Waals surface area contributed by atoms with E-state index in [0.717, 1.165) is 11.1 Å². The summed E-state index contributed by atoms with van der Waals surface area (Å²) in [6.07, 6.45) is -0.270. The van der Waals surface area contributed by atoms with Crippen molar-refractivity contribution in [1.82, 2.24) is 14.7 Å². The molecule has 6 nitrogen and oxygen atoms in total. The lowest BCUT2D eigenvalue weighted by atomic mass is 9.82. The molecule has 0 bridgehead atoms. The van der Waals surface area contributed by atoms with Crippen molar-refractivity contribution in [2.75, 3.05) is 19.6 Å². The van der Waals surface area contributed by atoms with Gasteiger partial charge in [-0.2, -0.15) is 0 Å². The Morgan fingerprint density at radius 3 is 2.13 bits per heavy atom. The van der Waals surface area contributed by atoms with E-state index in [1.807, 2.05) is 47.4 Å². The number of rotatable bonds is 4. The highest BCUT2D eigenvalue weighted by Crippen LogP contribution is 2.41. The standard InChI is InChI=1S/C23H23Cl2N3O3/c24-18-7-3-1-5-15(18)10-26-13-23(14-26)22(31)27(11-16-6-2-4-8-19(16)25)21(30)20-9-17(29)12-28(20)23/h1-8,17,20,29H,9-14H2. The zero-order chi connectivity index (χ0) is 21.8. The third kappa shape index (κ3) is 3.47. The van der Waals surface area contributed by atoms with Gasteiger partial charge in [-0.05, 0) is 29.7 Å². The molecule has 0 aliphatic carbocycles. The molecule has 0 aromatic heterocycles. The zero-order valence-electron chi connectivity index (χ0n) is 16.9. The maximum Gasteiger partial charge on any atom is 0.252 e.